The lowest BCUT2D eigenvalue weighted by Crippen LogP contribution is -2.29. The Morgan fingerprint density at radius 2 is 1.74 bits per heavy atom. The normalized spacial score (nSPS) is 15.6. The van der Waals surface area contributed by atoms with Gasteiger partial charge in [-0.1, -0.05) is 29.1 Å². The van der Waals surface area contributed by atoms with Gasteiger partial charge in [0, 0.05) is 18.2 Å². The maximum absolute atomic E-state index is 13.2. The summed E-state index contributed by atoms with van der Waals surface area (Å²) in [5.74, 6) is -2.08. The second-order valence-corrected chi connectivity index (χ2v) is 9.47. The number of halogens is 6. The van der Waals surface area contributed by atoms with Crippen LogP contribution in [0.25, 0.3) is 17.4 Å². The molecule has 0 saturated carbocycles. The highest BCUT2D eigenvalue weighted by atomic mass is 32.2. The molecule has 1 saturated heterocycles. The number of hydrogen-bond donors (Lipinski definition) is 1. The fourth-order valence-electron chi connectivity index (χ4n) is 3.44. The van der Waals surface area contributed by atoms with E-state index in [0.29, 0.717) is 12.1 Å². The number of carboxylic acid groups (broad SMARTS) is 1. The molecule has 0 radical (unpaired) electrons. The highest BCUT2D eigenvalue weighted by Crippen LogP contribution is 2.39. The van der Waals surface area contributed by atoms with Crippen LogP contribution < -0.4 is 0 Å². The Morgan fingerprint density at radius 1 is 1.08 bits per heavy atom. The van der Waals surface area contributed by atoms with Crippen LogP contribution in [0.5, 0.6) is 0 Å². The number of hydrogen-bond acceptors (Lipinski definition) is 8. The van der Waals surface area contributed by atoms with E-state index in [0.717, 1.165) is 11.8 Å². The highest BCUT2D eigenvalue weighted by Gasteiger charge is 2.37. The number of furan rings is 1. The summed E-state index contributed by atoms with van der Waals surface area (Å²) >= 11 is 6.13. The Morgan fingerprint density at radius 3 is 2.34 bits per heavy atom. The van der Waals surface area contributed by atoms with Crippen LogP contribution in [0.4, 0.5) is 26.3 Å². The Balaban J connectivity index is 1.50. The van der Waals surface area contributed by atoms with Gasteiger partial charge in [0.2, 0.25) is 5.69 Å². The van der Waals surface area contributed by atoms with Crippen molar-refractivity contribution < 1.29 is 50.1 Å². The molecular weight excluding hydrogens is 564 g/mol. The third kappa shape index (κ3) is 5.91. The third-order valence-electron chi connectivity index (χ3n) is 5.20. The van der Waals surface area contributed by atoms with Crippen molar-refractivity contribution >= 4 is 46.3 Å². The second-order valence-electron chi connectivity index (χ2n) is 7.80. The van der Waals surface area contributed by atoms with E-state index in [1.54, 1.807) is 0 Å². The Bertz CT molecular complexity index is 1410. The van der Waals surface area contributed by atoms with Gasteiger partial charge in [-0.25, -0.2) is 9.42 Å². The van der Waals surface area contributed by atoms with Crippen molar-refractivity contribution in [1.29, 1.82) is 0 Å². The van der Waals surface area contributed by atoms with E-state index in [2.05, 4.69) is 14.9 Å². The summed E-state index contributed by atoms with van der Waals surface area (Å²) < 4.78 is 89.0. The number of carbonyl (C=O) groups excluding carboxylic acids is 1. The molecule has 2 aromatic heterocycles. The van der Waals surface area contributed by atoms with Gasteiger partial charge in [0.25, 0.3) is 5.91 Å². The van der Waals surface area contributed by atoms with Crippen LogP contribution in [-0.2, 0) is 23.6 Å². The van der Waals surface area contributed by atoms with Crippen molar-refractivity contribution in [2.45, 2.75) is 25.2 Å². The lowest BCUT2D eigenvalue weighted by atomic mass is 10.0. The summed E-state index contributed by atoms with van der Waals surface area (Å²) in [5, 5.41) is 15.8. The minimum absolute atomic E-state index is 0.00578. The summed E-state index contributed by atoms with van der Waals surface area (Å²) in [6.07, 6.45) is -8.35. The van der Waals surface area contributed by atoms with E-state index in [1.165, 1.54) is 23.1 Å². The van der Waals surface area contributed by atoms with Crippen LogP contribution in [-0.4, -0.2) is 43.1 Å². The Labute approximate surface area is 218 Å². The van der Waals surface area contributed by atoms with Gasteiger partial charge >= 0.3 is 18.3 Å². The molecule has 1 amide bonds. The molecule has 200 valence electrons. The van der Waals surface area contributed by atoms with Gasteiger partial charge < -0.3 is 9.52 Å². The molecule has 4 rings (SSSR count). The number of amides is 1. The predicted octanol–water partition coefficient (Wildman–Crippen LogP) is 5.90. The SMILES string of the molecule is O=C(O)c1nonc1CCCN1C(=O)C(=Cc2ccc(-c3cc(C(F)(F)F)cc(C(F)(F)F)c3)o2)SC1=S. The maximum Gasteiger partial charge on any atom is 0.416 e. The zero-order chi connectivity index (χ0) is 27.8. The summed E-state index contributed by atoms with van der Waals surface area (Å²) in [5.41, 5.74) is -3.66. The predicted molar refractivity (Wildman–Crippen MR) is 124 cm³/mol. The van der Waals surface area contributed by atoms with Crippen molar-refractivity contribution in [3.63, 3.8) is 0 Å². The van der Waals surface area contributed by atoms with Crippen LogP contribution in [0.15, 0.2) is 44.3 Å². The van der Waals surface area contributed by atoms with Gasteiger partial charge in [-0.05, 0) is 48.3 Å². The van der Waals surface area contributed by atoms with E-state index in [-0.39, 0.29) is 57.6 Å². The molecule has 8 nitrogen and oxygen atoms in total. The summed E-state index contributed by atoms with van der Waals surface area (Å²) in [6.45, 7) is 0.113. The summed E-state index contributed by atoms with van der Waals surface area (Å²) in [6, 6.07) is 3.57. The minimum Gasteiger partial charge on any atom is -0.476 e. The van der Waals surface area contributed by atoms with Crippen molar-refractivity contribution in [3.05, 3.63) is 63.5 Å². The van der Waals surface area contributed by atoms with Gasteiger partial charge in [-0.3, -0.25) is 9.69 Å². The molecule has 1 aliphatic rings. The molecule has 0 spiro atoms. The van der Waals surface area contributed by atoms with E-state index in [4.69, 9.17) is 21.7 Å². The average molecular weight is 577 g/mol. The number of carbonyl (C=O) groups is 2. The van der Waals surface area contributed by atoms with Gasteiger partial charge in [0.05, 0.1) is 16.0 Å². The van der Waals surface area contributed by atoms with Crippen molar-refractivity contribution in [3.8, 4) is 11.3 Å². The topological polar surface area (TPSA) is 110 Å². The zero-order valence-electron chi connectivity index (χ0n) is 18.6. The lowest BCUT2D eigenvalue weighted by molar-refractivity contribution is -0.143. The minimum atomic E-state index is -5.02. The highest BCUT2D eigenvalue weighted by molar-refractivity contribution is 8.26. The molecule has 0 atom stereocenters. The van der Waals surface area contributed by atoms with Gasteiger partial charge in [0.1, 0.15) is 21.5 Å². The number of rotatable bonds is 7. The van der Waals surface area contributed by atoms with E-state index in [9.17, 15) is 35.9 Å². The molecule has 1 aliphatic heterocycles. The maximum atomic E-state index is 13.2. The zero-order valence-corrected chi connectivity index (χ0v) is 20.2. The molecule has 3 aromatic rings. The Kier molecular flexibility index (Phi) is 7.38. The Hall–Kier alpha value is -3.66. The largest absolute Gasteiger partial charge is 0.476 e. The standard InChI is InChI=1S/C22H13F6N3O5S2/c23-21(24,25)11-6-10(7-12(8-11)22(26,27)28)15-4-3-13(35-15)9-16-18(32)31(20(37)38-16)5-1-2-14-17(19(33)34)30-36-29-14/h3-4,6-9H,1-2,5H2,(H,33,34). The fraction of sp³-hybridized carbons (Fsp3) is 0.227. The van der Waals surface area contributed by atoms with Crippen LogP contribution in [0, 0.1) is 0 Å². The monoisotopic (exact) mass is 577 g/mol. The number of thiocarbonyl (C=S) groups is 1. The molecular formula is C22H13F6N3O5S2. The quantitative estimate of drug-likeness (QED) is 0.209. The molecule has 0 bridgehead atoms. The first-order valence-electron chi connectivity index (χ1n) is 10.4. The van der Waals surface area contributed by atoms with Crippen LogP contribution in [0.2, 0.25) is 0 Å². The van der Waals surface area contributed by atoms with Crippen LogP contribution in [0.3, 0.4) is 0 Å². The summed E-state index contributed by atoms with van der Waals surface area (Å²) in [4.78, 5) is 25.2. The number of aryl methyl sites for hydroxylation is 1. The molecule has 1 N–H and O–H groups in total. The number of aromatic carboxylic acids is 1. The molecule has 38 heavy (non-hydrogen) atoms. The van der Waals surface area contributed by atoms with E-state index in [1.807, 2.05) is 0 Å². The molecule has 0 aliphatic carbocycles. The van der Waals surface area contributed by atoms with Crippen molar-refractivity contribution in [2.24, 2.45) is 0 Å². The number of aromatic nitrogens is 2. The smallest absolute Gasteiger partial charge is 0.416 e. The molecule has 3 heterocycles. The van der Waals surface area contributed by atoms with Crippen molar-refractivity contribution in [1.82, 2.24) is 15.2 Å². The molecule has 1 aromatic carbocycles. The summed E-state index contributed by atoms with van der Waals surface area (Å²) in [7, 11) is 0. The second kappa shape index (κ2) is 10.2. The number of benzene rings is 1. The van der Waals surface area contributed by atoms with Crippen molar-refractivity contribution in [2.75, 3.05) is 6.54 Å². The van der Waals surface area contributed by atoms with Gasteiger partial charge in [-0.2, -0.15) is 26.3 Å². The average Bonchev–Trinajstić information content (AvgIpc) is 3.54. The van der Waals surface area contributed by atoms with Gasteiger partial charge in [-0.15, -0.1) is 0 Å². The van der Waals surface area contributed by atoms with Crippen LogP contribution in [0.1, 0.15) is 39.5 Å². The number of carboxylic acids is 1. The first-order chi connectivity index (χ1) is 17.7. The molecule has 0 unspecified atom stereocenters. The third-order valence-corrected chi connectivity index (χ3v) is 6.58. The number of thioether (sulfide) groups is 1. The first kappa shape index (κ1) is 27.4. The fourth-order valence-corrected chi connectivity index (χ4v) is 4.73. The van der Waals surface area contributed by atoms with Gasteiger partial charge in [0.15, 0.2) is 0 Å². The lowest BCUT2D eigenvalue weighted by Gasteiger charge is -2.13. The van der Waals surface area contributed by atoms with E-state index >= 15 is 0 Å². The molecule has 1 fully saturated rings. The number of alkyl halides is 6. The van der Waals surface area contributed by atoms with E-state index < -0.39 is 40.9 Å². The number of nitrogens with zero attached hydrogens (tertiary/aromatic N) is 3. The van der Waals surface area contributed by atoms with Crippen LogP contribution >= 0.6 is 24.0 Å². The molecule has 16 heteroatoms. The first-order valence-corrected chi connectivity index (χ1v) is 11.7.